The predicted octanol–water partition coefficient (Wildman–Crippen LogP) is 4.54. The Morgan fingerprint density at radius 3 is 2.32 bits per heavy atom. The minimum Gasteiger partial charge on any atom is -0.494 e. The topological polar surface area (TPSA) is 21.3 Å². The summed E-state index contributed by atoms with van der Waals surface area (Å²) < 4.78 is 5.75. The maximum atomic E-state index is 5.75. The summed E-state index contributed by atoms with van der Waals surface area (Å²) in [5, 5.41) is 3.40. The predicted molar refractivity (Wildman–Crippen MR) is 82.7 cm³/mol. The lowest BCUT2D eigenvalue weighted by molar-refractivity contribution is 0.304. The zero-order valence-electron chi connectivity index (χ0n) is 12.6. The first-order valence-electron chi connectivity index (χ1n) is 7.79. The molecule has 0 saturated carbocycles. The molecule has 108 valence electrons. The van der Waals surface area contributed by atoms with E-state index in [9.17, 15) is 0 Å². The van der Waals surface area contributed by atoms with Gasteiger partial charge in [-0.05, 0) is 37.1 Å². The van der Waals surface area contributed by atoms with Crippen LogP contribution in [0.2, 0.25) is 0 Å². The van der Waals surface area contributed by atoms with E-state index in [1.165, 1.54) is 44.1 Å². The van der Waals surface area contributed by atoms with Gasteiger partial charge in [-0.15, -0.1) is 0 Å². The van der Waals surface area contributed by atoms with E-state index in [2.05, 4.69) is 43.4 Å². The number of hydrogen-bond acceptors (Lipinski definition) is 2. The van der Waals surface area contributed by atoms with Gasteiger partial charge in [0.05, 0.1) is 6.61 Å². The molecule has 1 N–H and O–H groups in total. The molecule has 2 heteroatoms. The third-order valence-corrected chi connectivity index (χ3v) is 3.20. The Kier molecular flexibility index (Phi) is 9.17. The maximum Gasteiger partial charge on any atom is 0.119 e. The van der Waals surface area contributed by atoms with Gasteiger partial charge >= 0.3 is 0 Å². The molecule has 1 rings (SSSR count). The van der Waals surface area contributed by atoms with Crippen LogP contribution >= 0.6 is 0 Å². The molecule has 19 heavy (non-hydrogen) atoms. The Hall–Kier alpha value is -1.02. The summed E-state index contributed by atoms with van der Waals surface area (Å²) in [7, 11) is 0. The highest BCUT2D eigenvalue weighted by atomic mass is 16.5. The zero-order valence-corrected chi connectivity index (χ0v) is 12.6. The van der Waals surface area contributed by atoms with Gasteiger partial charge in [-0.25, -0.2) is 0 Å². The molecule has 0 unspecified atom stereocenters. The van der Waals surface area contributed by atoms with E-state index < -0.39 is 0 Å². The SMILES string of the molecule is CCCCCCCOc1ccc(CNCCC)cc1. The summed E-state index contributed by atoms with van der Waals surface area (Å²) in [5.41, 5.74) is 1.32. The van der Waals surface area contributed by atoms with Gasteiger partial charge in [-0.3, -0.25) is 0 Å². The molecule has 1 aromatic rings. The van der Waals surface area contributed by atoms with E-state index in [0.29, 0.717) is 0 Å². The summed E-state index contributed by atoms with van der Waals surface area (Å²) in [5.74, 6) is 0.995. The fourth-order valence-electron chi connectivity index (χ4n) is 2.01. The first-order valence-corrected chi connectivity index (χ1v) is 7.79. The second kappa shape index (κ2) is 10.9. The van der Waals surface area contributed by atoms with Gasteiger partial charge in [0.15, 0.2) is 0 Å². The van der Waals surface area contributed by atoms with Crippen LogP contribution in [0, 0.1) is 0 Å². The van der Waals surface area contributed by atoms with Crippen molar-refractivity contribution in [2.75, 3.05) is 13.2 Å². The second-order valence-corrected chi connectivity index (χ2v) is 5.08. The third kappa shape index (κ3) is 7.89. The van der Waals surface area contributed by atoms with Crippen molar-refractivity contribution < 1.29 is 4.74 Å². The smallest absolute Gasteiger partial charge is 0.119 e. The van der Waals surface area contributed by atoms with Crippen molar-refractivity contribution in [3.8, 4) is 5.75 Å². The van der Waals surface area contributed by atoms with Crippen LogP contribution in [0.25, 0.3) is 0 Å². The average Bonchev–Trinajstić information content (AvgIpc) is 2.44. The zero-order chi connectivity index (χ0) is 13.8. The number of nitrogens with one attached hydrogen (secondary N) is 1. The second-order valence-electron chi connectivity index (χ2n) is 5.08. The van der Waals surface area contributed by atoms with E-state index in [0.717, 1.165) is 25.4 Å². The fraction of sp³-hybridized carbons (Fsp3) is 0.647. The number of unbranched alkanes of at least 4 members (excludes halogenated alkanes) is 4. The largest absolute Gasteiger partial charge is 0.494 e. The summed E-state index contributed by atoms with van der Waals surface area (Å²) in [6.07, 6.45) is 7.61. The normalized spacial score (nSPS) is 10.6. The molecule has 0 amide bonds. The molecule has 0 aliphatic carbocycles. The number of rotatable bonds is 11. The molecule has 0 atom stereocenters. The number of hydrogen-bond donors (Lipinski definition) is 1. The average molecular weight is 263 g/mol. The minimum absolute atomic E-state index is 0.844. The lowest BCUT2D eigenvalue weighted by atomic mass is 10.2. The molecular weight excluding hydrogens is 234 g/mol. The van der Waals surface area contributed by atoms with Gasteiger partial charge in [0, 0.05) is 6.54 Å². The molecule has 0 heterocycles. The van der Waals surface area contributed by atoms with Crippen LogP contribution in [0.1, 0.15) is 57.9 Å². The highest BCUT2D eigenvalue weighted by Gasteiger charge is 1.96. The van der Waals surface area contributed by atoms with Crippen molar-refractivity contribution in [3.05, 3.63) is 29.8 Å². The highest BCUT2D eigenvalue weighted by molar-refractivity contribution is 5.27. The Labute approximate surface area is 118 Å². The number of benzene rings is 1. The van der Waals surface area contributed by atoms with Gasteiger partial charge in [0.25, 0.3) is 0 Å². The van der Waals surface area contributed by atoms with Gasteiger partial charge in [0.1, 0.15) is 5.75 Å². The molecule has 0 spiro atoms. The van der Waals surface area contributed by atoms with Crippen molar-refractivity contribution in [1.29, 1.82) is 0 Å². The van der Waals surface area contributed by atoms with E-state index in [-0.39, 0.29) is 0 Å². The van der Waals surface area contributed by atoms with Crippen LogP contribution < -0.4 is 10.1 Å². The third-order valence-electron chi connectivity index (χ3n) is 3.20. The first kappa shape index (κ1) is 16.0. The molecule has 2 nitrogen and oxygen atoms in total. The molecule has 0 aliphatic heterocycles. The molecule has 1 aromatic carbocycles. The van der Waals surface area contributed by atoms with Crippen molar-refractivity contribution in [2.24, 2.45) is 0 Å². The standard InChI is InChI=1S/C17H29NO/c1-3-5-6-7-8-14-19-17-11-9-16(10-12-17)15-18-13-4-2/h9-12,18H,3-8,13-15H2,1-2H3. The van der Waals surface area contributed by atoms with Gasteiger partial charge in [-0.1, -0.05) is 51.7 Å². The van der Waals surface area contributed by atoms with Crippen LogP contribution in [-0.4, -0.2) is 13.2 Å². The Morgan fingerprint density at radius 2 is 1.63 bits per heavy atom. The monoisotopic (exact) mass is 263 g/mol. The van der Waals surface area contributed by atoms with Crippen LogP contribution in [0.4, 0.5) is 0 Å². The Morgan fingerprint density at radius 1 is 0.895 bits per heavy atom. The molecule has 0 aliphatic rings. The molecular formula is C17H29NO. The Balaban J connectivity index is 2.13. The highest BCUT2D eigenvalue weighted by Crippen LogP contribution is 2.13. The minimum atomic E-state index is 0.844. The van der Waals surface area contributed by atoms with Gasteiger partial charge in [0.2, 0.25) is 0 Å². The molecule has 0 aromatic heterocycles. The molecule has 0 bridgehead atoms. The maximum absolute atomic E-state index is 5.75. The van der Waals surface area contributed by atoms with E-state index in [1.54, 1.807) is 0 Å². The summed E-state index contributed by atoms with van der Waals surface area (Å²) in [6.45, 7) is 7.30. The van der Waals surface area contributed by atoms with Gasteiger partial charge in [-0.2, -0.15) is 0 Å². The van der Waals surface area contributed by atoms with Crippen LogP contribution in [0.3, 0.4) is 0 Å². The van der Waals surface area contributed by atoms with Crippen LogP contribution in [0.5, 0.6) is 5.75 Å². The molecule has 0 fully saturated rings. The van der Waals surface area contributed by atoms with E-state index in [1.807, 2.05) is 0 Å². The van der Waals surface area contributed by atoms with Crippen molar-refractivity contribution in [2.45, 2.75) is 58.9 Å². The van der Waals surface area contributed by atoms with Gasteiger partial charge < -0.3 is 10.1 Å². The van der Waals surface area contributed by atoms with Crippen molar-refractivity contribution >= 4 is 0 Å². The summed E-state index contributed by atoms with van der Waals surface area (Å²) >= 11 is 0. The van der Waals surface area contributed by atoms with Crippen molar-refractivity contribution in [3.63, 3.8) is 0 Å². The molecule has 0 radical (unpaired) electrons. The van der Waals surface area contributed by atoms with Crippen LogP contribution in [-0.2, 0) is 6.54 Å². The molecule has 0 saturated heterocycles. The van der Waals surface area contributed by atoms with E-state index >= 15 is 0 Å². The summed E-state index contributed by atoms with van der Waals surface area (Å²) in [6, 6.07) is 8.45. The van der Waals surface area contributed by atoms with Crippen LogP contribution in [0.15, 0.2) is 24.3 Å². The quantitative estimate of drug-likeness (QED) is 0.592. The fourth-order valence-corrected chi connectivity index (χ4v) is 2.01. The lowest BCUT2D eigenvalue weighted by Crippen LogP contribution is -2.13. The van der Waals surface area contributed by atoms with E-state index in [4.69, 9.17) is 4.74 Å². The van der Waals surface area contributed by atoms with Crippen molar-refractivity contribution in [1.82, 2.24) is 5.32 Å². The Bertz CT molecular complexity index is 308. The lowest BCUT2D eigenvalue weighted by Gasteiger charge is -2.08. The first-order chi connectivity index (χ1) is 9.36. The number of ether oxygens (including phenoxy) is 1. The summed E-state index contributed by atoms with van der Waals surface area (Å²) in [4.78, 5) is 0.